The monoisotopic (exact) mass is 388 g/mol. The standard InChI is InChI=1S/C21H24O7/c1-6-16(22)28-21(4,5)19-18(27-20(24)11(2)3)13-9-12-7-8-17(23)25-14(12)10-15(13)26-19/h7-11,18-19H,6H2,1-5H3/t18-,19+/m1/s1. The predicted molar refractivity (Wildman–Crippen MR) is 101 cm³/mol. The van der Waals surface area contributed by atoms with Crippen LogP contribution in [0.15, 0.2) is 33.5 Å². The molecule has 2 heterocycles. The van der Waals surface area contributed by atoms with E-state index in [2.05, 4.69) is 0 Å². The Bertz CT molecular complexity index is 970. The number of esters is 2. The van der Waals surface area contributed by atoms with Crippen LogP contribution in [0.5, 0.6) is 5.75 Å². The Hall–Kier alpha value is -2.83. The van der Waals surface area contributed by atoms with E-state index in [4.69, 9.17) is 18.6 Å². The number of fused-ring (bicyclic) bond motifs is 2. The molecule has 1 aliphatic heterocycles. The molecule has 0 unspecified atom stereocenters. The van der Waals surface area contributed by atoms with Gasteiger partial charge in [-0.05, 0) is 26.0 Å². The lowest BCUT2D eigenvalue weighted by atomic mass is 9.93. The highest BCUT2D eigenvalue weighted by molar-refractivity contribution is 5.80. The molecule has 7 nitrogen and oxygen atoms in total. The van der Waals surface area contributed by atoms with Crippen molar-refractivity contribution in [3.05, 3.63) is 40.2 Å². The van der Waals surface area contributed by atoms with Crippen molar-refractivity contribution in [2.75, 3.05) is 0 Å². The Balaban J connectivity index is 2.06. The van der Waals surface area contributed by atoms with E-state index in [-0.39, 0.29) is 24.3 Å². The van der Waals surface area contributed by atoms with E-state index in [1.165, 1.54) is 6.07 Å². The first-order valence-electron chi connectivity index (χ1n) is 9.29. The van der Waals surface area contributed by atoms with Crippen molar-refractivity contribution in [2.45, 2.75) is 58.8 Å². The maximum Gasteiger partial charge on any atom is 0.336 e. The van der Waals surface area contributed by atoms with Crippen LogP contribution >= 0.6 is 0 Å². The third-order valence-corrected chi connectivity index (χ3v) is 4.65. The van der Waals surface area contributed by atoms with Gasteiger partial charge in [-0.2, -0.15) is 0 Å². The van der Waals surface area contributed by atoms with Crippen LogP contribution in [0.2, 0.25) is 0 Å². The second-order valence-corrected chi connectivity index (χ2v) is 7.66. The van der Waals surface area contributed by atoms with Gasteiger partial charge in [0, 0.05) is 29.5 Å². The number of ether oxygens (including phenoxy) is 3. The highest BCUT2D eigenvalue weighted by atomic mass is 16.6. The van der Waals surface area contributed by atoms with E-state index in [1.807, 2.05) is 0 Å². The van der Waals surface area contributed by atoms with Gasteiger partial charge >= 0.3 is 17.6 Å². The molecule has 28 heavy (non-hydrogen) atoms. The van der Waals surface area contributed by atoms with Crippen molar-refractivity contribution in [1.82, 2.24) is 0 Å². The zero-order valence-corrected chi connectivity index (χ0v) is 16.6. The molecule has 7 heteroatoms. The van der Waals surface area contributed by atoms with Crippen LogP contribution < -0.4 is 10.4 Å². The zero-order chi connectivity index (χ0) is 20.6. The first-order chi connectivity index (χ1) is 13.1. The maximum absolute atomic E-state index is 12.3. The van der Waals surface area contributed by atoms with Crippen LogP contribution in [0.1, 0.15) is 52.7 Å². The zero-order valence-electron chi connectivity index (χ0n) is 16.6. The van der Waals surface area contributed by atoms with E-state index in [0.717, 1.165) is 0 Å². The minimum atomic E-state index is -1.05. The van der Waals surface area contributed by atoms with E-state index < -0.39 is 23.4 Å². The van der Waals surface area contributed by atoms with Gasteiger partial charge in [0.1, 0.15) is 16.9 Å². The number of hydrogen-bond donors (Lipinski definition) is 0. The van der Waals surface area contributed by atoms with Crippen LogP contribution in [0.25, 0.3) is 11.0 Å². The lowest BCUT2D eigenvalue weighted by Crippen LogP contribution is -2.46. The molecule has 0 spiro atoms. The van der Waals surface area contributed by atoms with Crippen molar-refractivity contribution in [3.8, 4) is 5.75 Å². The van der Waals surface area contributed by atoms with Gasteiger partial charge in [0.25, 0.3) is 0 Å². The Morgan fingerprint density at radius 3 is 2.57 bits per heavy atom. The summed E-state index contributed by atoms with van der Waals surface area (Å²) >= 11 is 0. The number of carbonyl (C=O) groups excluding carboxylic acids is 2. The molecule has 150 valence electrons. The van der Waals surface area contributed by atoms with Crippen LogP contribution in [0, 0.1) is 5.92 Å². The van der Waals surface area contributed by atoms with Crippen LogP contribution in [-0.4, -0.2) is 23.6 Å². The summed E-state index contributed by atoms with van der Waals surface area (Å²) in [5, 5.41) is 0.677. The summed E-state index contributed by atoms with van der Waals surface area (Å²) in [7, 11) is 0. The average Bonchev–Trinajstić information content (AvgIpc) is 2.97. The van der Waals surface area contributed by atoms with Crippen molar-refractivity contribution < 1.29 is 28.2 Å². The molecule has 2 atom stereocenters. The Morgan fingerprint density at radius 1 is 1.21 bits per heavy atom. The highest BCUT2D eigenvalue weighted by Gasteiger charge is 2.49. The first-order valence-corrected chi connectivity index (χ1v) is 9.29. The van der Waals surface area contributed by atoms with Gasteiger partial charge in [0.2, 0.25) is 0 Å². The third-order valence-electron chi connectivity index (χ3n) is 4.65. The smallest absolute Gasteiger partial charge is 0.336 e. The van der Waals surface area contributed by atoms with E-state index >= 15 is 0 Å². The van der Waals surface area contributed by atoms with Crippen molar-refractivity contribution in [2.24, 2.45) is 5.92 Å². The van der Waals surface area contributed by atoms with Crippen molar-refractivity contribution in [1.29, 1.82) is 0 Å². The van der Waals surface area contributed by atoms with Gasteiger partial charge in [-0.3, -0.25) is 9.59 Å². The van der Waals surface area contributed by atoms with Crippen LogP contribution in [0.4, 0.5) is 0 Å². The van der Waals surface area contributed by atoms with Crippen LogP contribution in [0.3, 0.4) is 0 Å². The summed E-state index contributed by atoms with van der Waals surface area (Å²) in [5.41, 5.74) is -0.520. The highest BCUT2D eigenvalue weighted by Crippen LogP contribution is 2.45. The molecule has 0 aliphatic carbocycles. The number of carbonyl (C=O) groups is 2. The minimum absolute atomic E-state index is 0.217. The Labute approximate surface area is 162 Å². The van der Waals surface area contributed by atoms with Crippen LogP contribution in [-0.2, 0) is 19.1 Å². The topological polar surface area (TPSA) is 92.0 Å². The molecule has 0 saturated carbocycles. The minimum Gasteiger partial charge on any atom is -0.481 e. The second kappa shape index (κ2) is 7.30. The van der Waals surface area contributed by atoms with Gasteiger partial charge in [-0.1, -0.05) is 20.8 Å². The molecular weight excluding hydrogens is 364 g/mol. The summed E-state index contributed by atoms with van der Waals surface area (Å²) < 4.78 is 22.6. The number of rotatable bonds is 5. The molecule has 0 radical (unpaired) electrons. The molecule has 0 fully saturated rings. The predicted octanol–water partition coefficient (Wildman–Crippen LogP) is 3.53. The van der Waals surface area contributed by atoms with Crippen molar-refractivity contribution >= 4 is 22.9 Å². The largest absolute Gasteiger partial charge is 0.481 e. The van der Waals surface area contributed by atoms with E-state index in [0.29, 0.717) is 22.3 Å². The van der Waals surface area contributed by atoms with E-state index in [9.17, 15) is 14.4 Å². The molecule has 0 bridgehead atoms. The maximum atomic E-state index is 12.3. The Morgan fingerprint density at radius 2 is 1.93 bits per heavy atom. The fourth-order valence-electron chi connectivity index (χ4n) is 3.12. The Kier molecular flexibility index (Phi) is 5.19. The molecule has 0 N–H and O–H groups in total. The van der Waals surface area contributed by atoms with E-state index in [1.54, 1.807) is 52.8 Å². The third kappa shape index (κ3) is 3.74. The summed E-state index contributed by atoms with van der Waals surface area (Å²) in [6.07, 6.45) is -1.29. The average molecular weight is 388 g/mol. The lowest BCUT2D eigenvalue weighted by Gasteiger charge is -2.33. The molecule has 2 aromatic rings. The van der Waals surface area contributed by atoms with Gasteiger partial charge in [-0.15, -0.1) is 0 Å². The summed E-state index contributed by atoms with van der Waals surface area (Å²) in [5.74, 6) is -0.670. The summed E-state index contributed by atoms with van der Waals surface area (Å²) in [6, 6.07) is 6.33. The van der Waals surface area contributed by atoms with Gasteiger partial charge < -0.3 is 18.6 Å². The normalized spacial score (nSPS) is 18.6. The number of hydrogen-bond acceptors (Lipinski definition) is 7. The molecule has 1 aromatic carbocycles. The molecule has 1 aliphatic rings. The van der Waals surface area contributed by atoms with Crippen molar-refractivity contribution in [3.63, 3.8) is 0 Å². The molecular formula is C21H24O7. The number of benzene rings is 1. The molecule has 0 saturated heterocycles. The SMILES string of the molecule is CCC(=O)OC(C)(C)[C@H]1Oc2cc3oc(=O)ccc3cc2[C@H]1OC(=O)C(C)C. The fourth-order valence-corrected chi connectivity index (χ4v) is 3.12. The first kappa shape index (κ1) is 19.9. The van der Waals surface area contributed by atoms with Gasteiger partial charge in [-0.25, -0.2) is 4.79 Å². The second-order valence-electron chi connectivity index (χ2n) is 7.66. The lowest BCUT2D eigenvalue weighted by molar-refractivity contribution is -0.178. The molecule has 0 amide bonds. The quantitative estimate of drug-likeness (QED) is 0.571. The summed E-state index contributed by atoms with van der Waals surface area (Å²) in [4.78, 5) is 35.7. The molecule has 1 aromatic heterocycles. The summed E-state index contributed by atoms with van der Waals surface area (Å²) in [6.45, 7) is 8.62. The van der Waals surface area contributed by atoms with Gasteiger partial charge in [0.15, 0.2) is 12.2 Å². The molecule has 3 rings (SSSR count). The fraction of sp³-hybridized carbons (Fsp3) is 0.476. The van der Waals surface area contributed by atoms with Gasteiger partial charge in [0.05, 0.1) is 5.92 Å².